The van der Waals surface area contributed by atoms with Gasteiger partial charge in [-0.05, 0) is 42.7 Å². The van der Waals surface area contributed by atoms with Crippen molar-refractivity contribution in [3.05, 3.63) is 47.9 Å². The van der Waals surface area contributed by atoms with Crippen LogP contribution in [-0.2, 0) is 12.8 Å². The van der Waals surface area contributed by atoms with Crippen LogP contribution >= 0.6 is 0 Å². The molecule has 0 radical (unpaired) electrons. The van der Waals surface area contributed by atoms with Gasteiger partial charge in [-0.1, -0.05) is 19.4 Å². The first-order valence-electron chi connectivity index (χ1n) is 9.52. The van der Waals surface area contributed by atoms with Gasteiger partial charge in [0.1, 0.15) is 5.76 Å². The number of hydrogen-bond acceptors (Lipinski definition) is 4. The zero-order chi connectivity index (χ0) is 19.3. The van der Waals surface area contributed by atoms with Gasteiger partial charge < -0.3 is 24.5 Å². The van der Waals surface area contributed by atoms with Gasteiger partial charge in [0.2, 0.25) is 0 Å². The highest BCUT2D eigenvalue weighted by Crippen LogP contribution is 2.27. The van der Waals surface area contributed by atoms with Crippen molar-refractivity contribution < 1.29 is 13.9 Å². The number of furan rings is 1. The fourth-order valence-electron chi connectivity index (χ4n) is 2.64. The van der Waals surface area contributed by atoms with E-state index in [1.807, 2.05) is 24.3 Å². The average Bonchev–Trinajstić information content (AvgIpc) is 3.21. The van der Waals surface area contributed by atoms with E-state index in [9.17, 15) is 0 Å². The molecule has 27 heavy (non-hydrogen) atoms. The first-order chi connectivity index (χ1) is 13.3. The van der Waals surface area contributed by atoms with Crippen LogP contribution in [0, 0.1) is 0 Å². The molecule has 0 aliphatic carbocycles. The van der Waals surface area contributed by atoms with Gasteiger partial charge >= 0.3 is 0 Å². The first-order valence-corrected chi connectivity index (χ1v) is 9.52. The van der Waals surface area contributed by atoms with E-state index < -0.39 is 0 Å². The fourth-order valence-corrected chi connectivity index (χ4v) is 2.64. The maximum Gasteiger partial charge on any atom is 0.191 e. The molecule has 0 spiro atoms. The van der Waals surface area contributed by atoms with Crippen molar-refractivity contribution >= 4 is 5.96 Å². The molecule has 1 aromatic carbocycles. The zero-order valence-electron chi connectivity index (χ0n) is 16.6. The second-order valence-corrected chi connectivity index (χ2v) is 6.21. The molecular weight excluding hydrogens is 342 g/mol. The Bertz CT molecular complexity index is 684. The normalized spacial score (nSPS) is 11.3. The van der Waals surface area contributed by atoms with E-state index in [0.717, 1.165) is 68.5 Å². The van der Waals surface area contributed by atoms with Crippen molar-refractivity contribution in [2.24, 2.45) is 4.99 Å². The maximum absolute atomic E-state index is 5.37. The third-order valence-corrected chi connectivity index (χ3v) is 4.18. The van der Waals surface area contributed by atoms with Gasteiger partial charge in [-0.25, -0.2) is 0 Å². The smallest absolute Gasteiger partial charge is 0.191 e. The Kier molecular flexibility index (Phi) is 9.10. The zero-order valence-corrected chi connectivity index (χ0v) is 16.6. The predicted molar refractivity (Wildman–Crippen MR) is 109 cm³/mol. The summed E-state index contributed by atoms with van der Waals surface area (Å²) in [5.41, 5.74) is 1.18. The number of aliphatic imine (C=N–C) groups is 1. The first kappa shape index (κ1) is 20.7. The van der Waals surface area contributed by atoms with Gasteiger partial charge in [0.25, 0.3) is 0 Å². The lowest BCUT2D eigenvalue weighted by atomic mass is 10.1. The Morgan fingerprint density at radius 1 is 1.04 bits per heavy atom. The highest BCUT2D eigenvalue weighted by atomic mass is 16.5. The van der Waals surface area contributed by atoms with Crippen molar-refractivity contribution in [2.75, 3.05) is 33.9 Å². The van der Waals surface area contributed by atoms with Crippen LogP contribution in [0.3, 0.4) is 0 Å². The van der Waals surface area contributed by atoms with E-state index in [1.165, 1.54) is 5.56 Å². The highest BCUT2D eigenvalue weighted by molar-refractivity contribution is 5.79. The van der Waals surface area contributed by atoms with Crippen LogP contribution in [0.2, 0.25) is 0 Å². The van der Waals surface area contributed by atoms with E-state index >= 15 is 0 Å². The molecule has 0 unspecified atom stereocenters. The number of unbranched alkanes of at least 4 members (excludes halogenated alkanes) is 1. The predicted octanol–water partition coefficient (Wildman–Crippen LogP) is 3.42. The lowest BCUT2D eigenvalue weighted by Gasteiger charge is -2.13. The Labute approximate surface area is 162 Å². The van der Waals surface area contributed by atoms with Crippen LogP contribution in [0.25, 0.3) is 0 Å². The fraction of sp³-hybridized carbons (Fsp3) is 0.476. The van der Waals surface area contributed by atoms with E-state index in [-0.39, 0.29) is 0 Å². The minimum Gasteiger partial charge on any atom is -0.493 e. The van der Waals surface area contributed by atoms with E-state index in [2.05, 4.69) is 28.6 Å². The summed E-state index contributed by atoms with van der Waals surface area (Å²) in [5.74, 6) is 3.32. The third kappa shape index (κ3) is 7.25. The second kappa shape index (κ2) is 11.9. The van der Waals surface area contributed by atoms with Gasteiger partial charge in [0.05, 0.1) is 20.5 Å². The van der Waals surface area contributed by atoms with Gasteiger partial charge in [0.15, 0.2) is 17.5 Å². The topological polar surface area (TPSA) is 68.0 Å². The van der Waals surface area contributed by atoms with E-state index in [0.29, 0.717) is 0 Å². The van der Waals surface area contributed by atoms with Crippen molar-refractivity contribution in [1.82, 2.24) is 10.6 Å². The summed E-state index contributed by atoms with van der Waals surface area (Å²) in [6, 6.07) is 9.90. The van der Waals surface area contributed by atoms with Gasteiger partial charge in [0, 0.05) is 26.1 Å². The monoisotopic (exact) mass is 373 g/mol. The Balaban J connectivity index is 1.84. The summed E-state index contributed by atoms with van der Waals surface area (Å²) in [6.07, 6.45) is 5.62. The van der Waals surface area contributed by atoms with Gasteiger partial charge in [-0.15, -0.1) is 0 Å². The number of rotatable bonds is 11. The molecule has 0 saturated heterocycles. The number of methoxy groups -OCH3 is 2. The largest absolute Gasteiger partial charge is 0.493 e. The molecule has 0 fully saturated rings. The summed E-state index contributed by atoms with van der Waals surface area (Å²) < 4.78 is 16.0. The molecule has 0 bridgehead atoms. The molecule has 0 atom stereocenters. The van der Waals surface area contributed by atoms with Crippen molar-refractivity contribution in [3.63, 3.8) is 0 Å². The third-order valence-electron chi connectivity index (χ3n) is 4.18. The van der Waals surface area contributed by atoms with Crippen LogP contribution in [0.15, 0.2) is 46.0 Å². The highest BCUT2D eigenvalue weighted by Gasteiger charge is 2.05. The Morgan fingerprint density at radius 3 is 2.48 bits per heavy atom. The lowest BCUT2D eigenvalue weighted by molar-refractivity contribution is 0.354. The number of ether oxygens (including phenoxy) is 2. The number of nitrogens with zero attached hydrogens (tertiary/aromatic N) is 1. The standard InChI is InChI=1S/C21H31N3O3/c1-4-5-12-22-21(24-14-11-18-7-6-15-27-18)23-13-10-17-8-9-19(25-2)20(16-17)26-3/h6-9,15-16H,4-5,10-14H2,1-3H3,(H2,22,23,24). The van der Waals surface area contributed by atoms with Crippen molar-refractivity contribution in [3.8, 4) is 11.5 Å². The van der Waals surface area contributed by atoms with Crippen molar-refractivity contribution in [2.45, 2.75) is 32.6 Å². The molecule has 0 aliphatic rings. The SMILES string of the molecule is CCCCN=C(NCCc1ccc(OC)c(OC)c1)NCCc1ccco1. The van der Waals surface area contributed by atoms with Gasteiger partial charge in [-0.3, -0.25) is 4.99 Å². The molecule has 6 nitrogen and oxygen atoms in total. The summed E-state index contributed by atoms with van der Waals surface area (Å²) in [4.78, 5) is 4.64. The van der Waals surface area contributed by atoms with Crippen molar-refractivity contribution in [1.29, 1.82) is 0 Å². The average molecular weight is 373 g/mol. The number of guanidine groups is 1. The molecule has 6 heteroatoms. The minimum atomic E-state index is 0.746. The molecule has 0 amide bonds. The second-order valence-electron chi connectivity index (χ2n) is 6.21. The molecular formula is C21H31N3O3. The molecule has 1 aromatic heterocycles. The minimum absolute atomic E-state index is 0.746. The molecule has 1 heterocycles. The molecule has 0 saturated carbocycles. The van der Waals surface area contributed by atoms with Gasteiger partial charge in [-0.2, -0.15) is 0 Å². The lowest BCUT2D eigenvalue weighted by Crippen LogP contribution is -2.39. The summed E-state index contributed by atoms with van der Waals surface area (Å²) in [6.45, 7) is 4.56. The number of benzene rings is 1. The molecule has 2 aromatic rings. The molecule has 0 aliphatic heterocycles. The molecule has 2 N–H and O–H groups in total. The van der Waals surface area contributed by atoms with Crippen LogP contribution in [-0.4, -0.2) is 39.8 Å². The Morgan fingerprint density at radius 2 is 1.81 bits per heavy atom. The number of hydrogen-bond donors (Lipinski definition) is 2. The quantitative estimate of drug-likeness (QED) is 0.359. The number of nitrogens with one attached hydrogen (secondary N) is 2. The maximum atomic E-state index is 5.37. The summed E-state index contributed by atoms with van der Waals surface area (Å²) >= 11 is 0. The Hall–Kier alpha value is -2.63. The van der Waals surface area contributed by atoms with E-state index in [1.54, 1.807) is 20.5 Å². The summed E-state index contributed by atoms with van der Waals surface area (Å²) in [7, 11) is 3.30. The molecule has 148 valence electrons. The van der Waals surface area contributed by atoms with E-state index in [4.69, 9.17) is 13.9 Å². The summed E-state index contributed by atoms with van der Waals surface area (Å²) in [5, 5.41) is 6.79. The van der Waals surface area contributed by atoms with Crippen LogP contribution in [0.5, 0.6) is 11.5 Å². The van der Waals surface area contributed by atoms with Crippen LogP contribution in [0.1, 0.15) is 31.1 Å². The molecule has 2 rings (SSSR count). The van der Waals surface area contributed by atoms with Crippen LogP contribution < -0.4 is 20.1 Å². The van der Waals surface area contributed by atoms with Crippen LogP contribution in [0.4, 0.5) is 0 Å².